The Balaban J connectivity index is 1.70. The molecule has 5 nitrogen and oxygen atoms in total. The molecule has 1 heterocycles. The smallest absolute Gasteiger partial charge is 0.209 e. The zero-order valence-electron chi connectivity index (χ0n) is 9.89. The Morgan fingerprint density at radius 1 is 1.56 bits per heavy atom. The lowest BCUT2D eigenvalue weighted by atomic mass is 10.3. The van der Waals surface area contributed by atoms with Gasteiger partial charge in [0.25, 0.3) is 0 Å². The Bertz CT molecular complexity index is 323. The van der Waals surface area contributed by atoms with Gasteiger partial charge in [0.1, 0.15) is 0 Å². The second-order valence-electron chi connectivity index (χ2n) is 4.25. The van der Waals surface area contributed by atoms with Crippen molar-refractivity contribution in [1.29, 1.82) is 0 Å². The molecule has 16 heavy (non-hydrogen) atoms. The largest absolute Gasteiger partial charge is 0.313 e. The minimum Gasteiger partial charge on any atom is -0.313 e. The fourth-order valence-corrected chi connectivity index (χ4v) is 2.24. The zero-order valence-corrected chi connectivity index (χ0v) is 10.7. The first kappa shape index (κ1) is 11.9. The lowest BCUT2D eigenvalue weighted by Crippen LogP contribution is -2.27. The summed E-state index contributed by atoms with van der Waals surface area (Å²) in [5, 5.41) is 16.2. The van der Waals surface area contributed by atoms with E-state index in [1.54, 1.807) is 11.8 Å². The van der Waals surface area contributed by atoms with Crippen molar-refractivity contribution < 1.29 is 0 Å². The number of thioether (sulfide) groups is 1. The molecule has 6 heteroatoms. The minimum absolute atomic E-state index is 0.569. The topological polar surface area (TPSA) is 55.6 Å². The summed E-state index contributed by atoms with van der Waals surface area (Å²) in [5.41, 5.74) is 0. The maximum absolute atomic E-state index is 4.05. The molecule has 1 atom stereocenters. The van der Waals surface area contributed by atoms with E-state index in [2.05, 4.69) is 34.7 Å². The Morgan fingerprint density at radius 3 is 3.06 bits per heavy atom. The van der Waals surface area contributed by atoms with Crippen LogP contribution in [0.3, 0.4) is 0 Å². The maximum atomic E-state index is 4.05. The third-order valence-corrected chi connectivity index (χ3v) is 3.73. The third-order valence-electron chi connectivity index (χ3n) is 2.79. The van der Waals surface area contributed by atoms with Crippen molar-refractivity contribution in [2.45, 2.75) is 50.4 Å². The van der Waals surface area contributed by atoms with E-state index < -0.39 is 0 Å². The average molecular weight is 241 g/mol. The molecule has 0 amide bonds. The van der Waals surface area contributed by atoms with E-state index in [9.17, 15) is 0 Å². The molecule has 1 N–H and O–H groups in total. The molecule has 0 spiro atoms. The van der Waals surface area contributed by atoms with E-state index in [0.29, 0.717) is 12.1 Å². The number of nitrogens with zero attached hydrogens (tertiary/aromatic N) is 4. The van der Waals surface area contributed by atoms with Gasteiger partial charge in [-0.15, -0.1) is 5.10 Å². The molecule has 1 unspecified atom stereocenters. The molecule has 1 saturated carbocycles. The van der Waals surface area contributed by atoms with Gasteiger partial charge in [-0.25, -0.2) is 4.68 Å². The number of rotatable bonds is 7. The van der Waals surface area contributed by atoms with Crippen LogP contribution in [0.5, 0.6) is 0 Å². The Kier molecular flexibility index (Phi) is 4.17. The molecule has 1 aliphatic rings. The van der Waals surface area contributed by atoms with E-state index in [1.165, 1.54) is 19.3 Å². The number of hydrogen-bond donors (Lipinski definition) is 1. The Labute approximate surface area is 100 Å². The Morgan fingerprint density at radius 2 is 2.38 bits per heavy atom. The summed E-state index contributed by atoms with van der Waals surface area (Å²) in [6, 6.07) is 1.17. The van der Waals surface area contributed by atoms with Crippen molar-refractivity contribution in [1.82, 2.24) is 25.5 Å². The van der Waals surface area contributed by atoms with E-state index in [-0.39, 0.29) is 0 Å². The lowest BCUT2D eigenvalue weighted by molar-refractivity contribution is 0.552. The van der Waals surface area contributed by atoms with Gasteiger partial charge in [-0.1, -0.05) is 18.7 Å². The molecule has 1 aromatic heterocycles. The minimum atomic E-state index is 0.569. The van der Waals surface area contributed by atoms with Crippen molar-refractivity contribution in [3.63, 3.8) is 0 Å². The summed E-state index contributed by atoms with van der Waals surface area (Å²) in [6.45, 7) is 5.41. The van der Waals surface area contributed by atoms with Gasteiger partial charge in [0.05, 0.1) is 6.04 Å². The molecule has 0 saturated heterocycles. The van der Waals surface area contributed by atoms with E-state index >= 15 is 0 Å². The first-order valence-electron chi connectivity index (χ1n) is 5.95. The quantitative estimate of drug-likeness (QED) is 0.579. The van der Waals surface area contributed by atoms with Crippen LogP contribution >= 0.6 is 11.8 Å². The van der Waals surface area contributed by atoms with Crippen LogP contribution in [-0.4, -0.2) is 38.5 Å². The standard InChI is InChI=1S/C10H19N5S/c1-3-8(2)11-6-7-16-10-12-13-14-15(10)9-4-5-9/h8-9,11H,3-7H2,1-2H3. The van der Waals surface area contributed by atoms with Gasteiger partial charge in [0, 0.05) is 18.3 Å². The lowest BCUT2D eigenvalue weighted by Gasteiger charge is -2.10. The van der Waals surface area contributed by atoms with Gasteiger partial charge in [-0.3, -0.25) is 0 Å². The van der Waals surface area contributed by atoms with Crippen LogP contribution in [0, 0.1) is 0 Å². The average Bonchev–Trinajstić information content (AvgIpc) is 3.04. The van der Waals surface area contributed by atoms with Crippen LogP contribution in [0.1, 0.15) is 39.2 Å². The van der Waals surface area contributed by atoms with Crippen LogP contribution in [0.2, 0.25) is 0 Å². The summed E-state index contributed by atoms with van der Waals surface area (Å²) in [6.07, 6.45) is 3.62. The van der Waals surface area contributed by atoms with Crippen LogP contribution in [0.15, 0.2) is 5.16 Å². The van der Waals surface area contributed by atoms with Gasteiger partial charge in [-0.05, 0) is 36.6 Å². The van der Waals surface area contributed by atoms with E-state index in [4.69, 9.17) is 0 Å². The molecule has 1 aromatic rings. The van der Waals surface area contributed by atoms with Gasteiger partial charge >= 0.3 is 0 Å². The number of nitrogens with one attached hydrogen (secondary N) is 1. The molecule has 90 valence electrons. The predicted molar refractivity (Wildman–Crippen MR) is 64.6 cm³/mol. The zero-order chi connectivity index (χ0) is 11.4. The number of aromatic nitrogens is 4. The van der Waals surface area contributed by atoms with E-state index in [1.807, 2.05) is 4.68 Å². The summed E-state index contributed by atoms with van der Waals surface area (Å²) in [5.74, 6) is 1.03. The molecular formula is C10H19N5S. The first-order chi connectivity index (χ1) is 7.81. The third kappa shape index (κ3) is 3.18. The van der Waals surface area contributed by atoms with Gasteiger partial charge in [-0.2, -0.15) is 0 Å². The van der Waals surface area contributed by atoms with E-state index in [0.717, 1.165) is 17.5 Å². The molecule has 0 radical (unpaired) electrons. The summed E-state index contributed by atoms with van der Waals surface area (Å²) < 4.78 is 1.97. The van der Waals surface area contributed by atoms with Crippen LogP contribution in [-0.2, 0) is 0 Å². The summed E-state index contributed by atoms with van der Waals surface area (Å²) >= 11 is 1.74. The van der Waals surface area contributed by atoms with Crippen molar-refractivity contribution in [3.05, 3.63) is 0 Å². The highest BCUT2D eigenvalue weighted by molar-refractivity contribution is 7.99. The molecule has 0 aromatic carbocycles. The number of hydrogen-bond acceptors (Lipinski definition) is 5. The highest BCUT2D eigenvalue weighted by atomic mass is 32.2. The molecule has 1 aliphatic carbocycles. The van der Waals surface area contributed by atoms with Crippen LogP contribution in [0.25, 0.3) is 0 Å². The second-order valence-corrected chi connectivity index (χ2v) is 5.31. The normalized spacial score (nSPS) is 17.6. The monoisotopic (exact) mass is 241 g/mol. The highest BCUT2D eigenvalue weighted by Gasteiger charge is 2.27. The predicted octanol–water partition coefficient (Wildman–Crippen LogP) is 1.49. The fourth-order valence-electron chi connectivity index (χ4n) is 1.42. The second kappa shape index (κ2) is 5.63. The molecule has 1 fully saturated rings. The van der Waals surface area contributed by atoms with Crippen molar-refractivity contribution in [2.24, 2.45) is 0 Å². The SMILES string of the molecule is CCC(C)NCCSc1nnnn1C1CC1. The first-order valence-corrected chi connectivity index (χ1v) is 6.94. The van der Waals surface area contributed by atoms with Crippen molar-refractivity contribution >= 4 is 11.8 Å². The number of tetrazole rings is 1. The van der Waals surface area contributed by atoms with Crippen molar-refractivity contribution in [3.8, 4) is 0 Å². The van der Waals surface area contributed by atoms with Crippen molar-refractivity contribution in [2.75, 3.05) is 12.3 Å². The van der Waals surface area contributed by atoms with Crippen LogP contribution < -0.4 is 5.32 Å². The maximum Gasteiger partial charge on any atom is 0.209 e. The highest BCUT2D eigenvalue weighted by Crippen LogP contribution is 2.36. The summed E-state index contributed by atoms with van der Waals surface area (Å²) in [7, 11) is 0. The molecule has 2 rings (SSSR count). The van der Waals surface area contributed by atoms with Gasteiger partial charge in [0.15, 0.2) is 0 Å². The molecule has 0 bridgehead atoms. The Hall–Kier alpha value is -0.620. The molecular weight excluding hydrogens is 222 g/mol. The molecule has 0 aliphatic heterocycles. The summed E-state index contributed by atoms with van der Waals surface area (Å²) in [4.78, 5) is 0. The fraction of sp³-hybridized carbons (Fsp3) is 0.900. The van der Waals surface area contributed by atoms with Gasteiger partial charge < -0.3 is 5.32 Å². The van der Waals surface area contributed by atoms with Gasteiger partial charge in [0.2, 0.25) is 5.16 Å². The van der Waals surface area contributed by atoms with Crippen LogP contribution in [0.4, 0.5) is 0 Å².